The van der Waals surface area contributed by atoms with Crippen molar-refractivity contribution in [2.45, 2.75) is 31.1 Å². The first-order chi connectivity index (χ1) is 11.8. The van der Waals surface area contributed by atoms with E-state index in [0.29, 0.717) is 22.9 Å². The Labute approximate surface area is 148 Å². The minimum absolute atomic E-state index is 0.409. The standard InChI is InChI=1S/C16H16F2N2O3S2/c1-9-2-5-14-10(6-9)7-15(24-14)16(21)19-20-25(22,23)11-3-4-12(17)13(18)8-11/h3-4,7-9,20H,2,5-6H2,1H3,(H,19,21)/t9-/m1/s1. The molecule has 9 heteroatoms. The first-order valence-electron chi connectivity index (χ1n) is 7.65. The molecule has 1 heterocycles. The number of carbonyl (C=O) groups is 1. The van der Waals surface area contributed by atoms with Crippen LogP contribution in [0, 0.1) is 17.6 Å². The van der Waals surface area contributed by atoms with Crippen molar-refractivity contribution < 1.29 is 22.0 Å². The Balaban J connectivity index is 1.70. The normalized spacial score (nSPS) is 17.2. The zero-order chi connectivity index (χ0) is 18.2. The molecule has 0 saturated heterocycles. The Hall–Kier alpha value is -1.84. The maximum absolute atomic E-state index is 13.2. The molecular weight excluding hydrogens is 370 g/mol. The van der Waals surface area contributed by atoms with Crippen LogP contribution in [0.1, 0.15) is 33.5 Å². The van der Waals surface area contributed by atoms with Crippen molar-refractivity contribution in [2.75, 3.05) is 0 Å². The lowest BCUT2D eigenvalue weighted by atomic mass is 9.90. The molecule has 134 valence electrons. The van der Waals surface area contributed by atoms with Crippen LogP contribution < -0.4 is 10.3 Å². The molecule has 0 spiro atoms. The molecule has 0 unspecified atom stereocenters. The van der Waals surface area contributed by atoms with Gasteiger partial charge in [-0.05, 0) is 55.0 Å². The van der Waals surface area contributed by atoms with E-state index in [1.54, 1.807) is 6.07 Å². The summed E-state index contributed by atoms with van der Waals surface area (Å²) < 4.78 is 50.2. The van der Waals surface area contributed by atoms with Gasteiger partial charge in [-0.3, -0.25) is 10.2 Å². The first-order valence-corrected chi connectivity index (χ1v) is 9.95. The van der Waals surface area contributed by atoms with E-state index in [1.165, 1.54) is 11.3 Å². The van der Waals surface area contributed by atoms with E-state index in [4.69, 9.17) is 0 Å². The molecular formula is C16H16F2N2O3S2. The number of hydrogen-bond acceptors (Lipinski definition) is 4. The van der Waals surface area contributed by atoms with Gasteiger partial charge in [-0.25, -0.2) is 17.2 Å². The molecule has 0 aliphatic heterocycles. The predicted octanol–water partition coefficient (Wildman–Crippen LogP) is 2.77. The molecule has 1 amide bonds. The number of hydrogen-bond donors (Lipinski definition) is 2. The van der Waals surface area contributed by atoms with Crippen molar-refractivity contribution in [2.24, 2.45) is 5.92 Å². The van der Waals surface area contributed by atoms with Crippen LogP contribution in [0.4, 0.5) is 8.78 Å². The summed E-state index contributed by atoms with van der Waals surface area (Å²) >= 11 is 1.34. The number of amides is 1. The van der Waals surface area contributed by atoms with Crippen LogP contribution in [0.5, 0.6) is 0 Å². The highest BCUT2D eigenvalue weighted by Gasteiger charge is 2.22. The summed E-state index contributed by atoms with van der Waals surface area (Å²) in [5.74, 6) is -2.46. The Morgan fingerprint density at radius 2 is 2.00 bits per heavy atom. The van der Waals surface area contributed by atoms with Gasteiger partial charge >= 0.3 is 0 Å². The number of halogens is 2. The van der Waals surface area contributed by atoms with Crippen LogP contribution in [-0.4, -0.2) is 14.3 Å². The van der Waals surface area contributed by atoms with Crippen molar-refractivity contribution >= 4 is 27.3 Å². The van der Waals surface area contributed by atoms with Gasteiger partial charge in [0.15, 0.2) is 11.6 Å². The average Bonchev–Trinajstić information content (AvgIpc) is 2.98. The van der Waals surface area contributed by atoms with E-state index in [-0.39, 0.29) is 0 Å². The monoisotopic (exact) mass is 386 g/mol. The number of rotatable bonds is 4. The number of aryl methyl sites for hydroxylation is 1. The summed E-state index contributed by atoms with van der Waals surface area (Å²) in [6.07, 6.45) is 2.88. The van der Waals surface area contributed by atoms with Crippen LogP contribution in [0.15, 0.2) is 29.2 Å². The SMILES string of the molecule is C[C@@H]1CCc2sc(C(=O)NNS(=O)(=O)c3ccc(F)c(F)c3)cc2C1. The van der Waals surface area contributed by atoms with Gasteiger partial charge in [0.05, 0.1) is 9.77 Å². The Morgan fingerprint density at radius 3 is 2.72 bits per heavy atom. The summed E-state index contributed by atoms with van der Waals surface area (Å²) in [7, 11) is -4.20. The van der Waals surface area contributed by atoms with Crippen LogP contribution in [0.3, 0.4) is 0 Å². The van der Waals surface area contributed by atoms with Crippen molar-refractivity contribution in [3.63, 3.8) is 0 Å². The minimum Gasteiger partial charge on any atom is -0.273 e. The number of hydrazine groups is 1. The maximum atomic E-state index is 13.2. The molecule has 0 saturated carbocycles. The highest BCUT2D eigenvalue weighted by atomic mass is 32.2. The van der Waals surface area contributed by atoms with Crippen LogP contribution in [-0.2, 0) is 22.9 Å². The van der Waals surface area contributed by atoms with Crippen molar-refractivity contribution in [3.8, 4) is 0 Å². The molecule has 1 aromatic carbocycles. The summed E-state index contributed by atoms with van der Waals surface area (Å²) in [5, 5.41) is 0. The van der Waals surface area contributed by atoms with E-state index in [9.17, 15) is 22.0 Å². The molecule has 1 aliphatic carbocycles. The molecule has 1 aliphatic rings. The predicted molar refractivity (Wildman–Crippen MR) is 89.7 cm³/mol. The van der Waals surface area contributed by atoms with E-state index < -0.39 is 32.5 Å². The van der Waals surface area contributed by atoms with Gasteiger partial charge in [-0.2, -0.15) is 0 Å². The number of carbonyl (C=O) groups excluding carboxylic acids is 1. The third-order valence-electron chi connectivity index (χ3n) is 4.05. The van der Waals surface area contributed by atoms with Crippen molar-refractivity contribution in [1.29, 1.82) is 0 Å². The third-order valence-corrected chi connectivity index (χ3v) is 6.53. The van der Waals surface area contributed by atoms with Crippen LogP contribution in [0.25, 0.3) is 0 Å². The molecule has 3 rings (SSSR count). The van der Waals surface area contributed by atoms with Gasteiger partial charge in [0.1, 0.15) is 0 Å². The Bertz CT molecular complexity index is 925. The summed E-state index contributed by atoms with van der Waals surface area (Å²) in [5.41, 5.74) is 3.23. The summed E-state index contributed by atoms with van der Waals surface area (Å²) in [4.78, 5) is 15.2. The zero-order valence-electron chi connectivity index (χ0n) is 13.3. The van der Waals surface area contributed by atoms with E-state index >= 15 is 0 Å². The highest BCUT2D eigenvalue weighted by Crippen LogP contribution is 2.32. The summed E-state index contributed by atoms with van der Waals surface area (Å²) in [6.45, 7) is 2.15. The van der Waals surface area contributed by atoms with E-state index in [0.717, 1.165) is 35.8 Å². The van der Waals surface area contributed by atoms with Gasteiger partial charge in [0.25, 0.3) is 15.9 Å². The number of thiophene rings is 1. The van der Waals surface area contributed by atoms with Gasteiger partial charge in [-0.1, -0.05) is 6.92 Å². The quantitative estimate of drug-likeness (QED) is 0.794. The molecule has 5 nitrogen and oxygen atoms in total. The van der Waals surface area contributed by atoms with Crippen LogP contribution >= 0.6 is 11.3 Å². The lowest BCUT2D eigenvalue weighted by Crippen LogP contribution is -2.41. The second-order valence-electron chi connectivity index (χ2n) is 6.04. The zero-order valence-corrected chi connectivity index (χ0v) is 14.9. The highest BCUT2D eigenvalue weighted by molar-refractivity contribution is 7.89. The lowest BCUT2D eigenvalue weighted by molar-refractivity contribution is 0.0949. The lowest BCUT2D eigenvalue weighted by Gasteiger charge is -2.16. The molecule has 0 fully saturated rings. The molecule has 0 bridgehead atoms. The molecule has 1 aromatic heterocycles. The Morgan fingerprint density at radius 1 is 1.24 bits per heavy atom. The minimum atomic E-state index is -4.20. The molecule has 1 atom stereocenters. The first kappa shape index (κ1) is 18.0. The summed E-state index contributed by atoms with van der Waals surface area (Å²) in [6, 6.07) is 3.95. The molecule has 2 aromatic rings. The average molecular weight is 386 g/mol. The topological polar surface area (TPSA) is 75.3 Å². The fourth-order valence-corrected chi connectivity index (χ4v) is 4.65. The van der Waals surface area contributed by atoms with Gasteiger partial charge in [0, 0.05) is 4.88 Å². The second kappa shape index (κ2) is 6.81. The third kappa shape index (κ3) is 3.88. The van der Waals surface area contributed by atoms with Gasteiger partial charge < -0.3 is 0 Å². The fourth-order valence-electron chi connectivity index (χ4n) is 2.70. The van der Waals surface area contributed by atoms with Gasteiger partial charge in [0.2, 0.25) is 0 Å². The van der Waals surface area contributed by atoms with Crippen molar-refractivity contribution in [1.82, 2.24) is 10.3 Å². The number of benzene rings is 1. The van der Waals surface area contributed by atoms with Crippen molar-refractivity contribution in [3.05, 3.63) is 51.2 Å². The van der Waals surface area contributed by atoms with Gasteiger partial charge in [-0.15, -0.1) is 16.2 Å². The molecule has 0 radical (unpaired) electrons. The number of fused-ring (bicyclic) bond motifs is 1. The second-order valence-corrected chi connectivity index (χ2v) is 8.86. The molecule has 2 N–H and O–H groups in total. The number of sulfonamides is 1. The Kier molecular flexibility index (Phi) is 4.90. The maximum Gasteiger partial charge on any atom is 0.276 e. The largest absolute Gasteiger partial charge is 0.276 e. The van der Waals surface area contributed by atoms with Crippen LogP contribution in [0.2, 0.25) is 0 Å². The fraction of sp³-hybridized carbons (Fsp3) is 0.312. The van der Waals surface area contributed by atoms with E-state index in [2.05, 4.69) is 12.3 Å². The van der Waals surface area contributed by atoms with E-state index in [1.807, 2.05) is 4.83 Å². The molecule has 25 heavy (non-hydrogen) atoms. The number of nitrogens with one attached hydrogen (secondary N) is 2. The smallest absolute Gasteiger partial charge is 0.273 e.